The molecule has 2 rings (SSSR count). The van der Waals surface area contributed by atoms with Crippen LogP contribution in [0.5, 0.6) is 0 Å². The fourth-order valence-corrected chi connectivity index (χ4v) is 2.62. The van der Waals surface area contributed by atoms with E-state index in [9.17, 15) is 0 Å². The minimum Gasteiger partial charge on any atom is -0.398 e. The number of benzene rings is 1. The number of nitrogens with zero attached hydrogens (tertiary/aromatic N) is 1. The summed E-state index contributed by atoms with van der Waals surface area (Å²) in [7, 11) is 0. The van der Waals surface area contributed by atoms with Crippen molar-refractivity contribution in [3.63, 3.8) is 0 Å². The fraction of sp³-hybridized carbons (Fsp3) is 0.357. The molecule has 3 nitrogen and oxygen atoms in total. The predicted octanol–water partition coefficient (Wildman–Crippen LogP) is 4.15. The maximum atomic E-state index is 5.98. The van der Waals surface area contributed by atoms with Crippen LogP contribution in [0.1, 0.15) is 37.9 Å². The topological polar surface area (TPSA) is 50.9 Å². The molecule has 1 heterocycles. The summed E-state index contributed by atoms with van der Waals surface area (Å²) in [6.07, 6.45) is 0.959. The highest BCUT2D eigenvalue weighted by molar-refractivity contribution is 7.13. The van der Waals surface area contributed by atoms with E-state index < -0.39 is 0 Å². The van der Waals surface area contributed by atoms with Gasteiger partial charge in [0.05, 0.1) is 5.69 Å². The molecule has 2 aromatic rings. The molecule has 0 amide bonds. The van der Waals surface area contributed by atoms with Gasteiger partial charge in [-0.3, -0.25) is 0 Å². The molecule has 0 fully saturated rings. The van der Waals surface area contributed by atoms with E-state index in [1.54, 1.807) is 11.3 Å². The molecule has 0 bridgehead atoms. The van der Waals surface area contributed by atoms with Crippen molar-refractivity contribution < 1.29 is 0 Å². The van der Waals surface area contributed by atoms with Crippen molar-refractivity contribution in [1.82, 2.24) is 4.98 Å². The Morgan fingerprint density at radius 2 is 2.17 bits per heavy atom. The molecule has 3 N–H and O–H groups in total. The quantitative estimate of drug-likeness (QED) is 0.813. The molecule has 1 aromatic heterocycles. The molecular weight excluding hydrogens is 242 g/mol. The molecule has 0 radical (unpaired) electrons. The zero-order chi connectivity index (χ0) is 13.1. The number of hydrogen-bond donors (Lipinski definition) is 2. The Kier molecular flexibility index (Phi) is 3.87. The Hall–Kier alpha value is -1.55. The SMILES string of the molecule is CCc1ccc(Nc2nc(C(C)C)cs2)cc1N. The number of hydrogen-bond acceptors (Lipinski definition) is 4. The molecule has 0 unspecified atom stereocenters. The summed E-state index contributed by atoms with van der Waals surface area (Å²) in [5.74, 6) is 0.462. The second-order valence-electron chi connectivity index (χ2n) is 4.62. The van der Waals surface area contributed by atoms with Crippen molar-refractivity contribution >= 4 is 27.8 Å². The summed E-state index contributed by atoms with van der Waals surface area (Å²) >= 11 is 1.63. The van der Waals surface area contributed by atoms with Gasteiger partial charge in [-0.2, -0.15) is 0 Å². The molecule has 0 spiro atoms. The minimum absolute atomic E-state index is 0.462. The second kappa shape index (κ2) is 5.40. The average molecular weight is 261 g/mol. The van der Waals surface area contributed by atoms with Gasteiger partial charge in [-0.25, -0.2) is 4.98 Å². The first kappa shape index (κ1) is 12.9. The number of nitrogen functional groups attached to an aromatic ring is 1. The van der Waals surface area contributed by atoms with E-state index in [-0.39, 0.29) is 0 Å². The molecule has 0 aliphatic carbocycles. The zero-order valence-electron chi connectivity index (χ0n) is 11.0. The Balaban J connectivity index is 2.15. The molecule has 1 aromatic carbocycles. The number of aromatic nitrogens is 1. The Morgan fingerprint density at radius 3 is 2.72 bits per heavy atom. The largest absolute Gasteiger partial charge is 0.398 e. The van der Waals surface area contributed by atoms with Gasteiger partial charge in [-0.1, -0.05) is 26.8 Å². The van der Waals surface area contributed by atoms with Gasteiger partial charge in [0.1, 0.15) is 0 Å². The van der Waals surface area contributed by atoms with Crippen LogP contribution in [0.25, 0.3) is 0 Å². The molecule has 18 heavy (non-hydrogen) atoms. The van der Waals surface area contributed by atoms with Crippen molar-refractivity contribution in [2.45, 2.75) is 33.1 Å². The van der Waals surface area contributed by atoms with Crippen molar-refractivity contribution in [3.8, 4) is 0 Å². The van der Waals surface area contributed by atoms with Crippen molar-refractivity contribution in [1.29, 1.82) is 0 Å². The molecule has 0 saturated heterocycles. The lowest BCUT2D eigenvalue weighted by Crippen LogP contribution is -1.96. The lowest BCUT2D eigenvalue weighted by molar-refractivity contribution is 0.834. The van der Waals surface area contributed by atoms with Crippen LogP contribution in [-0.2, 0) is 6.42 Å². The standard InChI is InChI=1S/C14H19N3S/c1-4-10-5-6-11(7-12(10)15)16-14-17-13(8-18-14)9(2)3/h5-9H,4,15H2,1-3H3,(H,16,17). The maximum absolute atomic E-state index is 5.98. The van der Waals surface area contributed by atoms with Crippen molar-refractivity contribution in [2.75, 3.05) is 11.1 Å². The number of thiazole rings is 1. The van der Waals surface area contributed by atoms with E-state index >= 15 is 0 Å². The smallest absolute Gasteiger partial charge is 0.187 e. The van der Waals surface area contributed by atoms with E-state index in [1.165, 1.54) is 5.56 Å². The van der Waals surface area contributed by atoms with Crippen LogP contribution >= 0.6 is 11.3 Å². The average Bonchev–Trinajstić information content (AvgIpc) is 2.78. The number of rotatable bonds is 4. The zero-order valence-corrected chi connectivity index (χ0v) is 11.8. The molecule has 4 heteroatoms. The predicted molar refractivity (Wildman–Crippen MR) is 79.7 cm³/mol. The normalized spacial score (nSPS) is 10.9. The van der Waals surface area contributed by atoms with Gasteiger partial charge in [0.15, 0.2) is 5.13 Å². The van der Waals surface area contributed by atoms with Crippen LogP contribution in [0.3, 0.4) is 0 Å². The van der Waals surface area contributed by atoms with Crippen LogP contribution in [0, 0.1) is 0 Å². The van der Waals surface area contributed by atoms with Crippen LogP contribution in [0.2, 0.25) is 0 Å². The van der Waals surface area contributed by atoms with Crippen LogP contribution < -0.4 is 11.1 Å². The van der Waals surface area contributed by atoms with Crippen LogP contribution in [0.15, 0.2) is 23.6 Å². The van der Waals surface area contributed by atoms with Gasteiger partial charge < -0.3 is 11.1 Å². The first-order valence-corrected chi connectivity index (χ1v) is 7.09. The third-order valence-corrected chi connectivity index (χ3v) is 3.67. The highest BCUT2D eigenvalue weighted by Crippen LogP contribution is 2.26. The number of nitrogens with one attached hydrogen (secondary N) is 1. The first-order chi connectivity index (χ1) is 8.60. The van der Waals surface area contributed by atoms with E-state index in [1.807, 2.05) is 12.1 Å². The summed E-state index contributed by atoms with van der Waals surface area (Å²) in [4.78, 5) is 4.54. The van der Waals surface area contributed by atoms with E-state index in [0.717, 1.165) is 28.6 Å². The Bertz CT molecular complexity index is 532. The summed E-state index contributed by atoms with van der Waals surface area (Å²) in [5.41, 5.74) is 10.1. The van der Waals surface area contributed by atoms with Gasteiger partial charge in [-0.15, -0.1) is 11.3 Å². The molecule has 0 aliphatic heterocycles. The Labute approximate surface area is 112 Å². The van der Waals surface area contributed by atoms with Crippen LogP contribution in [0.4, 0.5) is 16.5 Å². The third kappa shape index (κ3) is 2.82. The second-order valence-corrected chi connectivity index (χ2v) is 5.48. The number of nitrogens with two attached hydrogens (primary N) is 1. The van der Waals surface area contributed by atoms with Crippen molar-refractivity contribution in [3.05, 3.63) is 34.8 Å². The molecule has 0 saturated carbocycles. The fourth-order valence-electron chi connectivity index (χ4n) is 1.73. The van der Waals surface area contributed by atoms with Crippen LogP contribution in [-0.4, -0.2) is 4.98 Å². The first-order valence-electron chi connectivity index (χ1n) is 6.21. The maximum Gasteiger partial charge on any atom is 0.187 e. The summed E-state index contributed by atoms with van der Waals surface area (Å²) in [6.45, 7) is 6.40. The van der Waals surface area contributed by atoms with E-state index in [2.05, 4.69) is 42.5 Å². The van der Waals surface area contributed by atoms with Gasteiger partial charge in [0.2, 0.25) is 0 Å². The third-order valence-electron chi connectivity index (χ3n) is 2.89. The van der Waals surface area contributed by atoms with Crippen molar-refractivity contribution in [2.24, 2.45) is 0 Å². The van der Waals surface area contributed by atoms with Gasteiger partial charge in [0.25, 0.3) is 0 Å². The molecule has 96 valence electrons. The molecular formula is C14H19N3S. The Morgan fingerprint density at radius 1 is 1.39 bits per heavy atom. The van der Waals surface area contributed by atoms with Gasteiger partial charge in [-0.05, 0) is 30.0 Å². The van der Waals surface area contributed by atoms with Gasteiger partial charge in [0, 0.05) is 16.8 Å². The van der Waals surface area contributed by atoms with E-state index in [0.29, 0.717) is 5.92 Å². The summed E-state index contributed by atoms with van der Waals surface area (Å²) < 4.78 is 0. The lowest BCUT2D eigenvalue weighted by atomic mass is 10.1. The molecule has 0 atom stereocenters. The summed E-state index contributed by atoms with van der Waals surface area (Å²) in [6, 6.07) is 6.08. The van der Waals surface area contributed by atoms with Gasteiger partial charge >= 0.3 is 0 Å². The highest BCUT2D eigenvalue weighted by Gasteiger charge is 2.06. The highest BCUT2D eigenvalue weighted by atomic mass is 32.1. The molecule has 0 aliphatic rings. The minimum atomic E-state index is 0.462. The number of anilines is 3. The summed E-state index contributed by atoms with van der Waals surface area (Å²) in [5, 5.41) is 6.31. The van der Waals surface area contributed by atoms with E-state index in [4.69, 9.17) is 5.73 Å². The number of aryl methyl sites for hydroxylation is 1. The lowest BCUT2D eigenvalue weighted by Gasteiger charge is -2.07. The monoisotopic (exact) mass is 261 g/mol.